The van der Waals surface area contributed by atoms with E-state index in [9.17, 15) is 4.79 Å². The van der Waals surface area contributed by atoms with Gasteiger partial charge in [0.1, 0.15) is 5.82 Å². The van der Waals surface area contributed by atoms with Gasteiger partial charge in [-0.05, 0) is 63.1 Å². The molecule has 1 saturated carbocycles. The van der Waals surface area contributed by atoms with E-state index in [1.807, 2.05) is 12.3 Å². The van der Waals surface area contributed by atoms with E-state index in [-0.39, 0.29) is 11.9 Å². The number of anilines is 1. The van der Waals surface area contributed by atoms with Gasteiger partial charge in [-0.2, -0.15) is 0 Å². The minimum absolute atomic E-state index is 0.0158. The summed E-state index contributed by atoms with van der Waals surface area (Å²) in [5.74, 6) is 2.62. The van der Waals surface area contributed by atoms with Crippen LogP contribution in [0.4, 0.5) is 5.82 Å². The molecule has 4 unspecified atom stereocenters. The molecule has 3 aliphatic rings. The van der Waals surface area contributed by atoms with Gasteiger partial charge in [-0.1, -0.05) is 25.8 Å². The number of carbonyl (C=O) groups excluding carboxylic acids is 1. The third-order valence-electron chi connectivity index (χ3n) is 7.78. The predicted molar refractivity (Wildman–Crippen MR) is 126 cm³/mol. The minimum Gasteiger partial charge on any atom is -0.354 e. The zero-order chi connectivity index (χ0) is 21.6. The van der Waals surface area contributed by atoms with Gasteiger partial charge in [0, 0.05) is 51.5 Å². The molecule has 0 radical (unpaired) electrons. The summed E-state index contributed by atoms with van der Waals surface area (Å²) in [4.78, 5) is 24.9. The lowest BCUT2D eigenvalue weighted by molar-refractivity contribution is -0.128. The van der Waals surface area contributed by atoms with Crippen LogP contribution in [0.15, 0.2) is 24.4 Å². The van der Waals surface area contributed by atoms with E-state index >= 15 is 0 Å². The first-order chi connectivity index (χ1) is 15.1. The number of piperazine rings is 1. The number of likely N-dealkylation sites (tertiary alicyclic amines) is 1. The third-order valence-corrected chi connectivity index (χ3v) is 7.78. The number of hydrogen-bond acceptors (Lipinski definition) is 5. The average molecular weight is 428 g/mol. The molecule has 0 bridgehead atoms. The number of pyridine rings is 1. The Balaban J connectivity index is 1.22. The molecule has 3 fully saturated rings. The van der Waals surface area contributed by atoms with Crippen LogP contribution in [-0.4, -0.2) is 78.6 Å². The molecule has 31 heavy (non-hydrogen) atoms. The first-order valence-electron chi connectivity index (χ1n) is 12.5. The number of hydrogen-bond donors (Lipinski definition) is 1. The average Bonchev–Trinajstić information content (AvgIpc) is 2.81. The van der Waals surface area contributed by atoms with Crippen LogP contribution in [0.5, 0.6) is 0 Å². The first kappa shape index (κ1) is 22.5. The van der Waals surface area contributed by atoms with E-state index in [0.717, 1.165) is 58.1 Å². The van der Waals surface area contributed by atoms with Gasteiger partial charge in [-0.3, -0.25) is 14.6 Å². The van der Waals surface area contributed by atoms with Gasteiger partial charge in [-0.25, -0.2) is 4.98 Å². The van der Waals surface area contributed by atoms with E-state index in [1.165, 1.54) is 32.1 Å². The summed E-state index contributed by atoms with van der Waals surface area (Å²) in [6.07, 6.45) is 9.33. The largest absolute Gasteiger partial charge is 0.354 e. The second kappa shape index (κ2) is 10.8. The Labute approximate surface area is 188 Å². The van der Waals surface area contributed by atoms with Crippen LogP contribution in [0.3, 0.4) is 0 Å². The second-order valence-corrected chi connectivity index (χ2v) is 10.0. The minimum atomic E-state index is -0.0158. The molecule has 0 spiro atoms. The normalized spacial score (nSPS) is 29.5. The fourth-order valence-electron chi connectivity index (χ4n) is 5.66. The molecule has 0 aromatic carbocycles. The van der Waals surface area contributed by atoms with E-state index in [4.69, 9.17) is 0 Å². The standard InChI is InChI=1S/C25H41N5O/c1-20-8-3-4-10-23(20)27-25(31)21(2)30-13-7-9-22(19-30)18-28-14-16-29(17-15-28)24-11-5-6-12-26-24/h5-6,11-12,20-23H,3-4,7-10,13-19H2,1-2H3,(H,27,31). The molecule has 4 rings (SSSR count). The van der Waals surface area contributed by atoms with Crippen molar-refractivity contribution in [2.75, 3.05) is 50.7 Å². The Morgan fingerprint density at radius 2 is 1.90 bits per heavy atom. The summed E-state index contributed by atoms with van der Waals surface area (Å²) >= 11 is 0. The van der Waals surface area contributed by atoms with Crippen molar-refractivity contribution >= 4 is 11.7 Å². The molecule has 1 N–H and O–H groups in total. The van der Waals surface area contributed by atoms with Crippen LogP contribution < -0.4 is 10.2 Å². The predicted octanol–water partition coefficient (Wildman–Crippen LogP) is 3.00. The summed E-state index contributed by atoms with van der Waals surface area (Å²) in [5, 5.41) is 3.38. The molecule has 6 nitrogen and oxygen atoms in total. The molecule has 1 aliphatic carbocycles. The lowest BCUT2D eigenvalue weighted by Gasteiger charge is -2.41. The number of nitrogens with one attached hydrogen (secondary N) is 1. The topological polar surface area (TPSA) is 51.7 Å². The molecule has 1 aromatic heterocycles. The number of rotatable bonds is 6. The fraction of sp³-hybridized carbons (Fsp3) is 0.760. The highest BCUT2D eigenvalue weighted by Gasteiger charge is 2.31. The van der Waals surface area contributed by atoms with Gasteiger partial charge in [0.2, 0.25) is 5.91 Å². The van der Waals surface area contributed by atoms with Crippen molar-refractivity contribution in [3.8, 4) is 0 Å². The Bertz CT molecular complexity index is 690. The van der Waals surface area contributed by atoms with Crippen LogP contribution in [0.25, 0.3) is 0 Å². The molecule has 1 amide bonds. The second-order valence-electron chi connectivity index (χ2n) is 10.0. The summed E-state index contributed by atoms with van der Waals surface area (Å²) in [6.45, 7) is 12.0. The highest BCUT2D eigenvalue weighted by Crippen LogP contribution is 2.25. The molecule has 6 heteroatoms. The van der Waals surface area contributed by atoms with Gasteiger partial charge >= 0.3 is 0 Å². The third kappa shape index (κ3) is 5.98. The maximum absolute atomic E-state index is 12.9. The molecule has 172 valence electrons. The van der Waals surface area contributed by atoms with Crippen molar-refractivity contribution in [3.05, 3.63) is 24.4 Å². The van der Waals surface area contributed by atoms with Gasteiger partial charge in [0.15, 0.2) is 0 Å². The molecule has 2 aliphatic heterocycles. The van der Waals surface area contributed by atoms with Crippen molar-refractivity contribution < 1.29 is 4.79 Å². The maximum atomic E-state index is 12.9. The van der Waals surface area contributed by atoms with Gasteiger partial charge in [-0.15, -0.1) is 0 Å². The van der Waals surface area contributed by atoms with E-state index < -0.39 is 0 Å². The lowest BCUT2D eigenvalue weighted by atomic mass is 9.86. The van der Waals surface area contributed by atoms with Gasteiger partial charge < -0.3 is 10.2 Å². The summed E-state index contributed by atoms with van der Waals surface area (Å²) in [5.41, 5.74) is 0. The van der Waals surface area contributed by atoms with Gasteiger partial charge in [0.05, 0.1) is 6.04 Å². The van der Waals surface area contributed by atoms with Crippen LogP contribution in [0.1, 0.15) is 52.4 Å². The molecule has 4 atom stereocenters. The van der Waals surface area contributed by atoms with Crippen molar-refractivity contribution in [1.29, 1.82) is 0 Å². The van der Waals surface area contributed by atoms with Crippen LogP contribution in [-0.2, 0) is 4.79 Å². The SMILES string of the molecule is CC1CCCCC1NC(=O)C(C)N1CCCC(CN2CCN(c3ccccn3)CC2)C1. The Morgan fingerprint density at radius 3 is 2.65 bits per heavy atom. The maximum Gasteiger partial charge on any atom is 0.237 e. The van der Waals surface area contributed by atoms with E-state index in [2.05, 4.69) is 51.0 Å². The first-order valence-corrected chi connectivity index (χ1v) is 12.5. The number of aromatic nitrogens is 1. The molecule has 1 aromatic rings. The summed E-state index contributed by atoms with van der Waals surface area (Å²) in [7, 11) is 0. The molecular formula is C25H41N5O. The Morgan fingerprint density at radius 1 is 1.10 bits per heavy atom. The zero-order valence-electron chi connectivity index (χ0n) is 19.5. The number of piperidine rings is 1. The summed E-state index contributed by atoms with van der Waals surface area (Å²) < 4.78 is 0. The van der Waals surface area contributed by atoms with Crippen LogP contribution in [0.2, 0.25) is 0 Å². The lowest BCUT2D eigenvalue weighted by Crippen LogP contribution is -2.54. The summed E-state index contributed by atoms with van der Waals surface area (Å²) in [6, 6.07) is 6.51. The Hall–Kier alpha value is -1.66. The van der Waals surface area contributed by atoms with Crippen LogP contribution in [0, 0.1) is 11.8 Å². The monoisotopic (exact) mass is 427 g/mol. The zero-order valence-corrected chi connectivity index (χ0v) is 19.5. The number of amides is 1. The van der Waals surface area contributed by atoms with E-state index in [1.54, 1.807) is 0 Å². The van der Waals surface area contributed by atoms with Crippen molar-refractivity contribution in [2.45, 2.75) is 64.5 Å². The molecule has 3 heterocycles. The van der Waals surface area contributed by atoms with Crippen LogP contribution >= 0.6 is 0 Å². The van der Waals surface area contributed by atoms with Crippen molar-refractivity contribution in [3.63, 3.8) is 0 Å². The fourth-order valence-corrected chi connectivity index (χ4v) is 5.66. The van der Waals surface area contributed by atoms with Crippen molar-refractivity contribution in [2.24, 2.45) is 11.8 Å². The number of carbonyl (C=O) groups is 1. The number of nitrogens with zero attached hydrogens (tertiary/aromatic N) is 4. The molecule has 2 saturated heterocycles. The quantitative estimate of drug-likeness (QED) is 0.756. The molecular weight excluding hydrogens is 386 g/mol. The highest BCUT2D eigenvalue weighted by molar-refractivity contribution is 5.81. The Kier molecular flexibility index (Phi) is 7.83. The highest BCUT2D eigenvalue weighted by atomic mass is 16.2. The smallest absolute Gasteiger partial charge is 0.237 e. The van der Waals surface area contributed by atoms with Gasteiger partial charge in [0.25, 0.3) is 0 Å². The van der Waals surface area contributed by atoms with E-state index in [0.29, 0.717) is 17.9 Å². The van der Waals surface area contributed by atoms with Crippen molar-refractivity contribution in [1.82, 2.24) is 20.1 Å².